The van der Waals surface area contributed by atoms with Crippen LogP contribution in [-0.2, 0) is 10.8 Å². The average molecular weight is 1410 g/mol. The van der Waals surface area contributed by atoms with Crippen LogP contribution in [0.2, 0.25) is 0 Å². The zero-order chi connectivity index (χ0) is 75.3. The first-order chi connectivity index (χ1) is 49.6. The molecule has 9 saturated carbocycles. The molecule has 8 N–H and O–H groups in total. The lowest BCUT2D eigenvalue weighted by atomic mass is 10.0. The molecule has 8 aromatic carbocycles. The van der Waals surface area contributed by atoms with Crippen LogP contribution in [0.15, 0.2) is 245 Å². The van der Waals surface area contributed by atoms with Crippen LogP contribution in [-0.4, -0.2) is 40.9 Å². The topological polar surface area (TPSA) is 298 Å². The Morgan fingerprint density at radius 2 is 0.490 bits per heavy atom. The second-order valence-electron chi connectivity index (χ2n) is 28.7. The fourth-order valence-corrected chi connectivity index (χ4v) is 12.5. The highest BCUT2D eigenvalue weighted by Gasteiger charge is 3.09. The lowest BCUT2D eigenvalue weighted by molar-refractivity contribution is 0.470. The Morgan fingerprint density at radius 1 is 0.298 bits per heavy atom. The van der Waals surface area contributed by atoms with Gasteiger partial charge in [-0.1, -0.05) is 170 Å². The van der Waals surface area contributed by atoms with E-state index in [4.69, 9.17) is 30.6 Å². The third-order valence-electron chi connectivity index (χ3n) is 20.6. The molecule has 0 aliphatic heterocycles. The lowest BCUT2D eigenvalue weighted by Crippen LogP contribution is -1.97. The van der Waals surface area contributed by atoms with Crippen LogP contribution in [0, 0.1) is 41.4 Å². The van der Waals surface area contributed by atoms with Crippen molar-refractivity contribution in [3.63, 3.8) is 0 Å². The second-order valence-corrected chi connectivity index (χ2v) is 28.7. The Bertz CT molecular complexity index is 4560. The maximum absolute atomic E-state index is 11.1. The van der Waals surface area contributed by atoms with Gasteiger partial charge < -0.3 is 40.9 Å². The predicted octanol–water partition coefficient (Wildman–Crippen LogP) is 14.5. The third kappa shape index (κ3) is 20.9. The molecule has 0 saturated heterocycles. The van der Waals surface area contributed by atoms with Gasteiger partial charge in [0.15, 0.2) is 46.0 Å². The van der Waals surface area contributed by atoms with Gasteiger partial charge in [-0.05, 0) is 263 Å². The predicted molar refractivity (Wildman–Crippen MR) is 408 cm³/mol. The number of allylic oxidation sites excluding steroid dienone is 2. The first kappa shape index (κ1) is 77.2. The van der Waals surface area contributed by atoms with Crippen LogP contribution in [0.25, 0.3) is 12.2 Å². The van der Waals surface area contributed by atoms with Gasteiger partial charge in [0.2, 0.25) is 43.4 Å². The van der Waals surface area contributed by atoms with Crippen molar-refractivity contribution in [1.82, 2.24) is 0 Å². The zero-order valence-electron chi connectivity index (χ0n) is 59.6. The van der Waals surface area contributed by atoms with E-state index in [0.29, 0.717) is 29.1 Å². The van der Waals surface area contributed by atoms with E-state index < -0.39 is 0 Å². The number of rotatable bonds is 10. The van der Waals surface area contributed by atoms with Gasteiger partial charge in [0.05, 0.1) is 0 Å². The Kier molecular flexibility index (Phi) is 25.1. The molecule has 16 heteroatoms. The van der Waals surface area contributed by atoms with Gasteiger partial charge in [-0.3, -0.25) is 38.4 Å². The molecular weight excluding hydrogens is 1310 g/mol. The summed E-state index contributed by atoms with van der Waals surface area (Å²) in [5, 5.41) is 73.2. The molecule has 9 aliphatic rings. The average Bonchev–Trinajstić information content (AvgIpc) is 1.35. The summed E-state index contributed by atoms with van der Waals surface area (Å²) in [5.74, 6) is 6.69. The summed E-state index contributed by atoms with van der Waals surface area (Å²) in [4.78, 5) is 88.3. The number of hydrogen-bond donors (Lipinski definition) is 8. The molecule has 540 valence electrons. The van der Waals surface area contributed by atoms with Crippen molar-refractivity contribution in [2.24, 2.45) is 41.4 Å². The molecule has 0 amide bonds. The van der Waals surface area contributed by atoms with Crippen molar-refractivity contribution < 1.29 is 40.9 Å². The lowest BCUT2D eigenvalue weighted by Gasteiger charge is -2.04. The molecule has 8 aromatic rings. The van der Waals surface area contributed by atoms with Gasteiger partial charge >= 0.3 is 0 Å². The van der Waals surface area contributed by atoms with Crippen molar-refractivity contribution in [3.05, 3.63) is 333 Å². The first-order valence-electron chi connectivity index (χ1n) is 35.6. The van der Waals surface area contributed by atoms with E-state index in [-0.39, 0.29) is 94.8 Å². The molecule has 9 fully saturated rings. The molecule has 0 bridgehead atoms. The summed E-state index contributed by atoms with van der Waals surface area (Å²) in [6.07, 6.45) is 16.9. The van der Waals surface area contributed by atoms with Crippen molar-refractivity contribution in [3.8, 4) is 46.0 Å². The molecule has 0 aromatic heterocycles. The quantitative estimate of drug-likeness (QED) is 0.0631. The summed E-state index contributed by atoms with van der Waals surface area (Å²) >= 11 is 0. The molecule has 0 spiro atoms. The van der Waals surface area contributed by atoms with Gasteiger partial charge in [-0.2, -0.15) is 0 Å². The fourth-order valence-electron chi connectivity index (χ4n) is 12.5. The Morgan fingerprint density at radius 3 is 0.731 bits per heavy atom. The highest BCUT2D eigenvalue weighted by atomic mass is 16.3. The van der Waals surface area contributed by atoms with E-state index in [2.05, 4.69) is 34.6 Å². The maximum Gasteiger partial charge on any atom is 0.220 e. The zero-order valence-corrected chi connectivity index (χ0v) is 59.6. The molecule has 9 aliphatic carbocycles. The molecule has 16 nitrogen and oxygen atoms in total. The van der Waals surface area contributed by atoms with Gasteiger partial charge in [0.1, 0.15) is 0 Å². The maximum atomic E-state index is 11.1. The highest BCUT2D eigenvalue weighted by molar-refractivity contribution is 5.68. The fraction of sp³-hybridized carbons (Fsp3) is 0.318. The number of aromatic hydroxyl groups is 8. The summed E-state index contributed by atoms with van der Waals surface area (Å²) < 4.78 is 0. The van der Waals surface area contributed by atoms with Crippen LogP contribution < -0.4 is 43.4 Å². The van der Waals surface area contributed by atoms with E-state index in [1.54, 1.807) is 24.3 Å². The van der Waals surface area contributed by atoms with Gasteiger partial charge in [-0.25, -0.2) is 0 Å². The van der Waals surface area contributed by atoms with Crippen molar-refractivity contribution >= 4 is 12.2 Å². The van der Waals surface area contributed by atoms with Gasteiger partial charge in [0.25, 0.3) is 0 Å². The number of hydrogen-bond acceptors (Lipinski definition) is 16. The van der Waals surface area contributed by atoms with Crippen LogP contribution in [0.4, 0.5) is 0 Å². The molecule has 0 radical (unpaired) electrons. The standard InChI is InChI=1S/C11H8O2.7C11H12O2/c12-6-3-1-5(2-4-7(6)13)11-8-9(11)10(8)11;1-11(6-7-11)8-2-4-9(12)10(13)5-3-8;4*1-7-6-9(7)8-2-4-10(12)11(13)5-3-8;2*1-2-3-4-9-5-7-10(12)11(13)8-6-9/h1-4,8-10H,(H,12,13);2-5H,6-7H2,1H3,(H,12,13);4*2-5,7,9H,6H2,1H3,(H,12,13);2*3-8H,2H2,1H3,(H,12,13)/b;;;;;;4-3+;4-3-/t;;4*7-,9?;;/m..1100../s1. The summed E-state index contributed by atoms with van der Waals surface area (Å²) in [6, 6.07) is 52.1. The Labute approximate surface area is 604 Å². The van der Waals surface area contributed by atoms with Crippen LogP contribution in [0.1, 0.15) is 168 Å². The van der Waals surface area contributed by atoms with Gasteiger partial charge in [0, 0.05) is 5.41 Å². The smallest absolute Gasteiger partial charge is 0.220 e. The summed E-state index contributed by atoms with van der Waals surface area (Å²) in [6.45, 7) is 15.0. The highest BCUT2D eigenvalue weighted by Crippen LogP contribution is 3.08. The largest absolute Gasteiger partial charge is 0.504 e. The van der Waals surface area contributed by atoms with Crippen molar-refractivity contribution in [2.45, 2.75) is 134 Å². The molecular formula is C88H92O16. The minimum Gasteiger partial charge on any atom is -0.504 e. The van der Waals surface area contributed by atoms with Crippen molar-refractivity contribution in [1.29, 1.82) is 0 Å². The normalized spacial score (nSPS) is 23.5. The Balaban J connectivity index is 0.000000138. The van der Waals surface area contributed by atoms with Gasteiger partial charge in [-0.15, -0.1) is 0 Å². The van der Waals surface area contributed by atoms with E-state index in [0.717, 1.165) is 93.2 Å². The molecule has 8 atom stereocenters. The summed E-state index contributed by atoms with van der Waals surface area (Å²) in [7, 11) is 0. The monoisotopic (exact) mass is 1400 g/mol. The second kappa shape index (κ2) is 33.9. The van der Waals surface area contributed by atoms with E-state index in [1.807, 2.05) is 111 Å². The van der Waals surface area contributed by atoms with E-state index >= 15 is 0 Å². The minimum atomic E-state index is -0.351. The van der Waals surface area contributed by atoms with Crippen LogP contribution in [0.5, 0.6) is 46.0 Å². The molecule has 104 heavy (non-hydrogen) atoms. The van der Waals surface area contributed by atoms with Crippen LogP contribution in [0.3, 0.4) is 0 Å². The molecule has 17 rings (SSSR count). The van der Waals surface area contributed by atoms with Crippen molar-refractivity contribution in [2.75, 3.05) is 0 Å². The first-order valence-corrected chi connectivity index (χ1v) is 35.6. The molecule has 4 unspecified atom stereocenters. The molecule has 0 heterocycles. The van der Waals surface area contributed by atoms with E-state index in [1.165, 1.54) is 141 Å². The third-order valence-corrected chi connectivity index (χ3v) is 20.6. The summed E-state index contributed by atoms with van der Waals surface area (Å²) in [5.41, 5.74) is 7.09. The Hall–Kier alpha value is -11.0. The minimum absolute atomic E-state index is 0.143. The van der Waals surface area contributed by atoms with Crippen LogP contribution >= 0.6 is 0 Å². The SMILES string of the molecule is CC/C=C/c1ccc(O)c(=O)cc1.CC/C=C\c1ccc(O)c(=O)cc1.CC1(c2ccc(O)c(=O)cc2)CC1.C[C@@H]1CC1c1ccc(O)c(=O)cc1.C[C@@H]1CC1c1ccc(O)c(=O)cc1.C[C@H]1CC1c1ccc(O)c(=O)cc1.C[C@H]1CC1c1ccc(O)c(=O)cc1.O=c1ccc(C23C4C2C43)ccc1O. The van der Waals surface area contributed by atoms with E-state index in [9.17, 15) is 48.6 Å².